The second-order valence-corrected chi connectivity index (χ2v) is 6.43. The summed E-state index contributed by atoms with van der Waals surface area (Å²) in [6.07, 6.45) is 0. The van der Waals surface area contributed by atoms with Crippen LogP contribution in [-0.2, 0) is 11.3 Å². The van der Waals surface area contributed by atoms with E-state index in [9.17, 15) is 4.79 Å². The molecular weight excluding hydrogens is 368 g/mol. The first-order chi connectivity index (χ1) is 13.0. The third-order valence-electron chi connectivity index (χ3n) is 4.04. The molecule has 0 unspecified atom stereocenters. The Hall–Kier alpha value is -3.26. The topological polar surface area (TPSA) is 98.6 Å². The molecule has 0 aliphatic carbocycles. The summed E-state index contributed by atoms with van der Waals surface area (Å²) in [6.45, 7) is 3.72. The van der Waals surface area contributed by atoms with Crippen LogP contribution in [0.15, 0.2) is 36.4 Å². The Morgan fingerprint density at radius 3 is 2.89 bits per heavy atom. The van der Waals surface area contributed by atoms with Crippen molar-refractivity contribution in [2.75, 3.05) is 0 Å². The van der Waals surface area contributed by atoms with E-state index >= 15 is 0 Å². The van der Waals surface area contributed by atoms with Gasteiger partial charge in [-0.3, -0.25) is 0 Å². The van der Waals surface area contributed by atoms with E-state index in [2.05, 4.69) is 25.3 Å². The maximum atomic E-state index is 12.4. The van der Waals surface area contributed by atoms with Crippen molar-refractivity contribution in [2.45, 2.75) is 20.5 Å². The highest BCUT2D eigenvalue weighted by Gasteiger charge is 2.19. The van der Waals surface area contributed by atoms with Gasteiger partial charge >= 0.3 is 5.97 Å². The average molecular weight is 383 g/mol. The van der Waals surface area contributed by atoms with Gasteiger partial charge in [-0.1, -0.05) is 28.9 Å². The molecule has 0 bridgehead atoms. The minimum Gasteiger partial charge on any atom is -0.453 e. The van der Waals surface area contributed by atoms with Crippen LogP contribution in [-0.4, -0.2) is 35.9 Å². The lowest BCUT2D eigenvalue weighted by atomic mass is 10.2. The van der Waals surface area contributed by atoms with Gasteiger partial charge in [-0.15, -0.1) is 5.10 Å². The Balaban J connectivity index is 1.51. The first-order valence-electron chi connectivity index (χ1n) is 8.19. The Kier molecular flexibility index (Phi) is 4.33. The number of H-pyrrole nitrogens is 1. The highest BCUT2D eigenvalue weighted by molar-refractivity contribution is 6.29. The van der Waals surface area contributed by atoms with E-state index in [1.54, 1.807) is 23.7 Å². The van der Waals surface area contributed by atoms with Gasteiger partial charge in [0.2, 0.25) is 0 Å². The zero-order chi connectivity index (χ0) is 19.0. The van der Waals surface area contributed by atoms with Crippen LogP contribution >= 0.6 is 11.6 Å². The Morgan fingerprint density at radius 2 is 2.07 bits per heavy atom. The summed E-state index contributed by atoms with van der Waals surface area (Å²) in [6, 6.07) is 11.2. The van der Waals surface area contributed by atoms with Gasteiger partial charge in [-0.25, -0.2) is 19.4 Å². The zero-order valence-corrected chi connectivity index (χ0v) is 15.4. The smallest absolute Gasteiger partial charge is 0.361 e. The van der Waals surface area contributed by atoms with Crippen molar-refractivity contribution >= 4 is 28.7 Å². The third kappa shape index (κ3) is 3.39. The normalized spacial score (nSPS) is 11.1. The number of nitrogens with zero attached hydrogens (tertiary/aromatic N) is 5. The number of ether oxygens (including phenoxy) is 1. The minimum atomic E-state index is -0.571. The van der Waals surface area contributed by atoms with Gasteiger partial charge in [0.05, 0.1) is 16.9 Å². The summed E-state index contributed by atoms with van der Waals surface area (Å²) in [5.41, 5.74) is 3.86. The molecule has 4 rings (SSSR count). The predicted octanol–water partition coefficient (Wildman–Crippen LogP) is 3.17. The van der Waals surface area contributed by atoms with Gasteiger partial charge < -0.3 is 9.72 Å². The lowest BCUT2D eigenvalue weighted by Gasteiger charge is -2.04. The number of hydrogen-bond donors (Lipinski definition) is 1. The molecule has 8 nitrogen and oxygen atoms in total. The number of halogens is 1. The summed E-state index contributed by atoms with van der Waals surface area (Å²) in [5.74, 6) is -0.102. The summed E-state index contributed by atoms with van der Waals surface area (Å²) in [7, 11) is 0. The molecule has 136 valence electrons. The van der Waals surface area contributed by atoms with Crippen LogP contribution in [0.4, 0.5) is 0 Å². The molecule has 0 aliphatic rings. The number of nitrogens with one attached hydrogen (secondary N) is 1. The number of esters is 1. The number of carbonyl (C=O) groups excluding carboxylic acids is 1. The van der Waals surface area contributed by atoms with E-state index in [4.69, 9.17) is 16.3 Å². The monoisotopic (exact) mass is 382 g/mol. The van der Waals surface area contributed by atoms with Crippen molar-refractivity contribution in [1.29, 1.82) is 0 Å². The highest BCUT2D eigenvalue weighted by atomic mass is 35.5. The molecule has 0 spiro atoms. The van der Waals surface area contributed by atoms with Gasteiger partial charge in [0.1, 0.15) is 17.6 Å². The summed E-state index contributed by atoms with van der Waals surface area (Å²) in [5, 5.41) is 8.38. The van der Waals surface area contributed by atoms with Gasteiger partial charge in [-0.2, -0.15) is 0 Å². The number of imidazole rings is 1. The van der Waals surface area contributed by atoms with Gasteiger partial charge in [-0.05, 0) is 43.7 Å². The molecule has 3 heterocycles. The van der Waals surface area contributed by atoms with Gasteiger partial charge in [0, 0.05) is 0 Å². The van der Waals surface area contributed by atoms with Gasteiger partial charge in [0.25, 0.3) is 0 Å². The Labute approximate surface area is 159 Å². The number of aromatic amines is 1. The van der Waals surface area contributed by atoms with Crippen LogP contribution in [0.25, 0.3) is 16.9 Å². The molecule has 0 atom stereocenters. The third-order valence-corrected chi connectivity index (χ3v) is 4.25. The standard InChI is InChI=1S/C18H15ClN6O2/c1-10-4-3-5-12(8-10)25-11(2)16(23-24-25)18(26)27-9-15-20-13-6-7-14(19)21-17(13)22-15/h3-8H,9H2,1-2H3,(H,20,21,22). The number of rotatable bonds is 4. The summed E-state index contributed by atoms with van der Waals surface area (Å²) < 4.78 is 6.93. The Bertz CT molecular complexity index is 1150. The molecule has 3 aromatic heterocycles. The maximum absolute atomic E-state index is 12.4. The largest absolute Gasteiger partial charge is 0.453 e. The molecule has 0 aliphatic heterocycles. The van der Waals surface area contributed by atoms with Crippen LogP contribution in [0.1, 0.15) is 27.6 Å². The number of benzene rings is 1. The summed E-state index contributed by atoms with van der Waals surface area (Å²) >= 11 is 5.85. The molecule has 0 fully saturated rings. The van der Waals surface area contributed by atoms with E-state index in [0.29, 0.717) is 27.8 Å². The van der Waals surface area contributed by atoms with E-state index in [-0.39, 0.29) is 12.3 Å². The minimum absolute atomic E-state index is 0.0381. The van der Waals surface area contributed by atoms with Crippen molar-refractivity contribution < 1.29 is 9.53 Å². The molecule has 27 heavy (non-hydrogen) atoms. The first kappa shape index (κ1) is 17.2. The van der Waals surface area contributed by atoms with Crippen molar-refractivity contribution in [3.8, 4) is 5.69 Å². The molecule has 1 N–H and O–H groups in total. The van der Waals surface area contributed by atoms with Crippen LogP contribution in [0.5, 0.6) is 0 Å². The van der Waals surface area contributed by atoms with E-state index in [0.717, 1.165) is 11.3 Å². The number of fused-ring (bicyclic) bond motifs is 1. The molecule has 1 aromatic carbocycles. The van der Waals surface area contributed by atoms with E-state index < -0.39 is 5.97 Å². The van der Waals surface area contributed by atoms with Crippen molar-refractivity contribution in [1.82, 2.24) is 29.9 Å². The molecule has 9 heteroatoms. The second kappa shape index (κ2) is 6.81. The summed E-state index contributed by atoms with van der Waals surface area (Å²) in [4.78, 5) is 23.8. The van der Waals surface area contributed by atoms with E-state index in [1.165, 1.54) is 0 Å². The fraction of sp³-hybridized carbons (Fsp3) is 0.167. The molecule has 4 aromatic rings. The lowest BCUT2D eigenvalue weighted by molar-refractivity contribution is 0.0455. The molecule has 0 radical (unpaired) electrons. The quantitative estimate of drug-likeness (QED) is 0.430. The first-order valence-corrected chi connectivity index (χ1v) is 8.56. The van der Waals surface area contributed by atoms with Crippen molar-refractivity contribution in [2.24, 2.45) is 0 Å². The molecule has 0 saturated carbocycles. The van der Waals surface area contributed by atoms with Gasteiger partial charge in [0.15, 0.2) is 11.3 Å². The molecular formula is C18H15ClN6O2. The number of carbonyl (C=O) groups is 1. The number of aromatic nitrogens is 6. The number of pyridine rings is 1. The SMILES string of the molecule is Cc1cccc(-n2nnc(C(=O)OCc3nc4nc(Cl)ccc4[nH]3)c2C)c1. The fourth-order valence-electron chi connectivity index (χ4n) is 2.71. The predicted molar refractivity (Wildman–Crippen MR) is 98.9 cm³/mol. The number of hydrogen-bond acceptors (Lipinski definition) is 6. The molecule has 0 saturated heterocycles. The van der Waals surface area contributed by atoms with Crippen LogP contribution < -0.4 is 0 Å². The highest BCUT2D eigenvalue weighted by Crippen LogP contribution is 2.16. The second-order valence-electron chi connectivity index (χ2n) is 6.04. The lowest BCUT2D eigenvalue weighted by Crippen LogP contribution is -2.09. The van der Waals surface area contributed by atoms with Crippen molar-refractivity contribution in [3.05, 3.63) is 64.3 Å². The maximum Gasteiger partial charge on any atom is 0.361 e. The molecule has 0 amide bonds. The van der Waals surface area contributed by atoms with Crippen LogP contribution in [0.2, 0.25) is 5.15 Å². The average Bonchev–Trinajstić information content (AvgIpc) is 3.22. The fourth-order valence-corrected chi connectivity index (χ4v) is 2.86. The van der Waals surface area contributed by atoms with E-state index in [1.807, 2.05) is 31.2 Å². The number of aryl methyl sites for hydroxylation is 1. The van der Waals surface area contributed by atoms with Crippen LogP contribution in [0, 0.1) is 13.8 Å². The Morgan fingerprint density at radius 1 is 1.22 bits per heavy atom. The van der Waals surface area contributed by atoms with Crippen LogP contribution in [0.3, 0.4) is 0 Å². The van der Waals surface area contributed by atoms with Crippen molar-refractivity contribution in [3.63, 3.8) is 0 Å². The zero-order valence-electron chi connectivity index (χ0n) is 14.6.